The second-order valence-electron chi connectivity index (χ2n) is 12.7. The number of nitrogens with zero attached hydrogens (tertiary/aromatic N) is 1. The van der Waals surface area contributed by atoms with Crippen LogP contribution in [0.2, 0.25) is 0 Å². The molecule has 4 rings (SSSR count). The molecule has 0 spiro atoms. The third-order valence-corrected chi connectivity index (χ3v) is 9.91. The minimum atomic E-state index is -1.42. The Hall–Kier alpha value is -2.36. The van der Waals surface area contributed by atoms with Gasteiger partial charge in [0.1, 0.15) is 18.4 Å². The lowest BCUT2D eigenvalue weighted by Crippen LogP contribution is -2.57. The van der Waals surface area contributed by atoms with E-state index in [1.807, 2.05) is 13.8 Å². The quantitative estimate of drug-likeness (QED) is 0.186. The number of benzene rings is 1. The highest BCUT2D eigenvalue weighted by atomic mass is 16.5. The van der Waals surface area contributed by atoms with E-state index in [2.05, 4.69) is 26.1 Å². The fourth-order valence-electron chi connectivity index (χ4n) is 6.87. The number of aliphatic hydroxyl groups is 2. The van der Waals surface area contributed by atoms with Gasteiger partial charge in [0.05, 0.1) is 12.1 Å². The van der Waals surface area contributed by atoms with E-state index in [9.17, 15) is 30.0 Å². The third-order valence-electron chi connectivity index (χ3n) is 9.91. The molecule has 3 fully saturated rings. The highest BCUT2D eigenvalue weighted by Crippen LogP contribution is 2.66. The van der Waals surface area contributed by atoms with Crippen molar-refractivity contribution >= 4 is 11.9 Å². The number of ether oxygens (including phenoxy) is 1. The van der Waals surface area contributed by atoms with Crippen LogP contribution in [0.4, 0.5) is 0 Å². The summed E-state index contributed by atoms with van der Waals surface area (Å²) in [6.07, 6.45) is 1.47. The summed E-state index contributed by atoms with van der Waals surface area (Å²) < 4.78 is 6.11. The first-order valence-corrected chi connectivity index (χ1v) is 13.9. The zero-order valence-corrected chi connectivity index (χ0v) is 23.2. The van der Waals surface area contributed by atoms with E-state index in [1.54, 1.807) is 4.90 Å². The number of hydrogen-bond acceptors (Lipinski definition) is 8. The van der Waals surface area contributed by atoms with Gasteiger partial charge in [0.2, 0.25) is 5.91 Å². The van der Waals surface area contributed by atoms with Gasteiger partial charge in [-0.25, -0.2) is 4.79 Å². The molecule has 1 aromatic rings. The average Bonchev–Trinajstić information content (AvgIpc) is 3.47. The minimum absolute atomic E-state index is 0.00280. The van der Waals surface area contributed by atoms with E-state index in [4.69, 9.17) is 4.74 Å². The van der Waals surface area contributed by atoms with E-state index in [1.165, 1.54) is 18.2 Å². The number of likely N-dealkylation sites (tertiary alicyclic amines) is 1. The molecule has 2 aliphatic carbocycles. The van der Waals surface area contributed by atoms with Crippen LogP contribution in [0, 0.1) is 22.7 Å². The van der Waals surface area contributed by atoms with Gasteiger partial charge in [0.15, 0.2) is 11.5 Å². The number of esters is 1. The molecule has 3 aliphatic rings. The van der Waals surface area contributed by atoms with Crippen molar-refractivity contribution in [3.8, 4) is 11.5 Å². The smallest absolute Gasteiger partial charge is 0.329 e. The average molecular weight is 533 g/mol. The molecule has 1 heterocycles. The molecule has 212 valence electrons. The molecule has 1 aliphatic heterocycles. The van der Waals surface area contributed by atoms with Crippen LogP contribution in [-0.4, -0.2) is 74.3 Å². The standard InChI is InChI=1S/C29H44N2O7/c1-16(2)24(30-25(35)22(34)14-17-8-9-20(32)21(33)13-17)26(36)31-12-6-7-19(31)27(37)38-23-15-18-10-11-29(23,5)28(18,3)4/h8-9,13,16,18-19,22-25,30,32-35H,6-7,10-12,14-15H2,1-5H3/t18?,19-,22+,23?,24-,25?,29?/m0/s1. The molecule has 9 heteroatoms. The molecular formula is C29H44N2O7. The van der Waals surface area contributed by atoms with Crippen molar-refractivity contribution in [1.82, 2.24) is 10.2 Å². The molecule has 0 radical (unpaired) electrons. The fraction of sp³-hybridized carbons (Fsp3) is 0.724. The summed E-state index contributed by atoms with van der Waals surface area (Å²) >= 11 is 0. The lowest BCUT2D eigenvalue weighted by Gasteiger charge is -2.39. The summed E-state index contributed by atoms with van der Waals surface area (Å²) in [6.45, 7) is 10.9. The maximum absolute atomic E-state index is 13.6. The number of fused-ring (bicyclic) bond motifs is 2. The lowest BCUT2D eigenvalue weighted by atomic mass is 9.70. The van der Waals surface area contributed by atoms with Crippen molar-refractivity contribution in [3.05, 3.63) is 23.8 Å². The monoisotopic (exact) mass is 532 g/mol. The largest absolute Gasteiger partial charge is 0.504 e. The van der Waals surface area contributed by atoms with Crippen molar-refractivity contribution in [1.29, 1.82) is 0 Å². The van der Waals surface area contributed by atoms with Crippen molar-refractivity contribution in [2.24, 2.45) is 22.7 Å². The summed E-state index contributed by atoms with van der Waals surface area (Å²) in [5, 5.41) is 43.3. The maximum atomic E-state index is 13.6. The van der Waals surface area contributed by atoms with Crippen molar-refractivity contribution in [2.45, 2.75) is 104 Å². The molecule has 9 nitrogen and oxygen atoms in total. The summed E-state index contributed by atoms with van der Waals surface area (Å²) in [7, 11) is 0. The number of aliphatic hydroxyl groups excluding tert-OH is 2. The molecule has 5 N–H and O–H groups in total. The molecule has 2 saturated carbocycles. The van der Waals surface area contributed by atoms with Crippen LogP contribution < -0.4 is 5.32 Å². The number of hydrogen-bond donors (Lipinski definition) is 5. The zero-order chi connectivity index (χ0) is 28.0. The molecule has 1 aromatic carbocycles. The molecular weight excluding hydrogens is 488 g/mol. The summed E-state index contributed by atoms with van der Waals surface area (Å²) in [5.41, 5.74) is 0.573. The predicted molar refractivity (Wildman–Crippen MR) is 141 cm³/mol. The number of nitrogens with one attached hydrogen (secondary N) is 1. The number of carbonyl (C=O) groups is 2. The Balaban J connectivity index is 1.39. The molecule has 7 atom stereocenters. The first-order chi connectivity index (χ1) is 17.8. The zero-order valence-electron chi connectivity index (χ0n) is 23.2. The minimum Gasteiger partial charge on any atom is -0.504 e. The van der Waals surface area contributed by atoms with Crippen LogP contribution in [-0.2, 0) is 20.7 Å². The lowest BCUT2D eigenvalue weighted by molar-refractivity contribution is -0.165. The summed E-state index contributed by atoms with van der Waals surface area (Å²) in [4.78, 5) is 28.6. The number of phenols is 2. The highest BCUT2D eigenvalue weighted by Gasteiger charge is 2.63. The third kappa shape index (κ3) is 5.12. The van der Waals surface area contributed by atoms with Gasteiger partial charge in [-0.15, -0.1) is 0 Å². The van der Waals surface area contributed by atoms with Crippen LogP contribution in [0.5, 0.6) is 11.5 Å². The molecule has 2 bridgehead atoms. The summed E-state index contributed by atoms with van der Waals surface area (Å²) in [6, 6.07) is 2.68. The Kier molecular flexibility index (Phi) is 8.04. The number of carbonyl (C=O) groups excluding carboxylic acids is 2. The molecule has 0 aromatic heterocycles. The Morgan fingerprint density at radius 1 is 1.13 bits per heavy atom. The second kappa shape index (κ2) is 10.7. The van der Waals surface area contributed by atoms with E-state index in [0.29, 0.717) is 30.9 Å². The number of rotatable bonds is 9. The number of phenolic OH excluding ortho intramolecular Hbond substituents is 2. The molecule has 38 heavy (non-hydrogen) atoms. The van der Waals surface area contributed by atoms with Gasteiger partial charge in [0.25, 0.3) is 0 Å². The van der Waals surface area contributed by atoms with Crippen LogP contribution in [0.25, 0.3) is 0 Å². The van der Waals surface area contributed by atoms with Gasteiger partial charge < -0.3 is 30.1 Å². The van der Waals surface area contributed by atoms with Gasteiger partial charge in [-0.3, -0.25) is 10.1 Å². The fourth-order valence-corrected chi connectivity index (χ4v) is 6.87. The van der Waals surface area contributed by atoms with Crippen LogP contribution in [0.1, 0.15) is 72.3 Å². The topological polar surface area (TPSA) is 140 Å². The Morgan fingerprint density at radius 2 is 1.84 bits per heavy atom. The first kappa shape index (κ1) is 28.6. The van der Waals surface area contributed by atoms with Gasteiger partial charge in [0, 0.05) is 18.4 Å². The SMILES string of the molecule is CC(C)[C@H](NC(O)[C@H](O)Cc1ccc(O)c(O)c1)C(=O)N1CCC[C@H]1C(=O)OC1CC2CCC1(C)C2(C)C. The highest BCUT2D eigenvalue weighted by molar-refractivity contribution is 5.88. The number of amides is 1. The van der Waals surface area contributed by atoms with Crippen LogP contribution in [0.3, 0.4) is 0 Å². The molecule has 1 saturated heterocycles. The van der Waals surface area contributed by atoms with Gasteiger partial charge in [-0.05, 0) is 67.1 Å². The van der Waals surface area contributed by atoms with E-state index in [-0.39, 0.29) is 52.6 Å². The predicted octanol–water partition coefficient (Wildman–Crippen LogP) is 2.68. The number of aromatic hydroxyl groups is 2. The normalized spacial score (nSPS) is 30.4. The maximum Gasteiger partial charge on any atom is 0.329 e. The van der Waals surface area contributed by atoms with Gasteiger partial charge >= 0.3 is 5.97 Å². The van der Waals surface area contributed by atoms with Crippen molar-refractivity contribution in [3.63, 3.8) is 0 Å². The summed E-state index contributed by atoms with van der Waals surface area (Å²) in [5.74, 6) is -0.913. The van der Waals surface area contributed by atoms with Crippen LogP contribution >= 0.6 is 0 Å². The van der Waals surface area contributed by atoms with Crippen molar-refractivity contribution in [2.75, 3.05) is 6.54 Å². The van der Waals surface area contributed by atoms with E-state index in [0.717, 1.165) is 19.3 Å². The second-order valence-corrected chi connectivity index (χ2v) is 12.7. The Labute approximate surface area is 225 Å². The van der Waals surface area contributed by atoms with Crippen LogP contribution in [0.15, 0.2) is 18.2 Å². The van der Waals surface area contributed by atoms with Gasteiger partial charge in [-0.1, -0.05) is 40.7 Å². The van der Waals surface area contributed by atoms with Crippen molar-refractivity contribution < 1.29 is 34.8 Å². The van der Waals surface area contributed by atoms with Gasteiger partial charge in [-0.2, -0.15) is 0 Å². The molecule has 1 amide bonds. The Bertz CT molecular complexity index is 1040. The molecule has 4 unspecified atom stereocenters. The van der Waals surface area contributed by atoms with E-state index >= 15 is 0 Å². The van der Waals surface area contributed by atoms with E-state index < -0.39 is 24.4 Å². The Morgan fingerprint density at radius 3 is 2.42 bits per heavy atom. The first-order valence-electron chi connectivity index (χ1n) is 13.9.